The molecule has 0 saturated carbocycles. The van der Waals surface area contributed by atoms with E-state index in [1.54, 1.807) is 7.11 Å². The zero-order valence-corrected chi connectivity index (χ0v) is 11.6. The molecule has 5 heteroatoms. The lowest BCUT2D eigenvalue weighted by atomic mass is 10.1. The molecule has 0 heterocycles. The highest BCUT2D eigenvalue weighted by molar-refractivity contribution is 5.94. The predicted octanol–water partition coefficient (Wildman–Crippen LogP) is 3.19. The topological polar surface area (TPSA) is 58.6 Å². The minimum Gasteiger partial charge on any atom is -0.497 e. The third kappa shape index (κ3) is 3.72. The van der Waals surface area contributed by atoms with Crippen LogP contribution in [0.5, 0.6) is 5.75 Å². The van der Waals surface area contributed by atoms with E-state index in [1.165, 1.54) is 18.2 Å². The third-order valence-electron chi connectivity index (χ3n) is 3.12. The summed E-state index contributed by atoms with van der Waals surface area (Å²) in [5.74, 6) is -0.944. The number of carbonyl (C=O) groups is 1. The van der Waals surface area contributed by atoms with Gasteiger partial charge in [-0.05, 0) is 36.2 Å². The number of methoxy groups -OCH3 is 1. The van der Waals surface area contributed by atoms with Gasteiger partial charge in [-0.25, -0.2) is 9.18 Å². The van der Waals surface area contributed by atoms with E-state index >= 15 is 0 Å². The van der Waals surface area contributed by atoms with Crippen molar-refractivity contribution in [3.05, 3.63) is 59.4 Å². The second-order valence-corrected chi connectivity index (χ2v) is 4.49. The van der Waals surface area contributed by atoms with Gasteiger partial charge in [-0.15, -0.1) is 0 Å². The lowest BCUT2D eigenvalue weighted by molar-refractivity contribution is 0.0697. The molecule has 0 fully saturated rings. The van der Waals surface area contributed by atoms with E-state index in [9.17, 15) is 9.18 Å². The van der Waals surface area contributed by atoms with E-state index in [4.69, 9.17) is 9.84 Å². The van der Waals surface area contributed by atoms with Gasteiger partial charge in [-0.1, -0.05) is 18.2 Å². The van der Waals surface area contributed by atoms with E-state index in [0.717, 1.165) is 11.3 Å². The van der Waals surface area contributed by atoms with Crippen LogP contribution < -0.4 is 10.1 Å². The smallest absolute Gasteiger partial charge is 0.337 e. The summed E-state index contributed by atoms with van der Waals surface area (Å²) in [4.78, 5) is 11.1. The Kier molecular flexibility index (Phi) is 4.77. The van der Waals surface area contributed by atoms with Gasteiger partial charge in [0.2, 0.25) is 0 Å². The average Bonchev–Trinajstić information content (AvgIpc) is 2.49. The fourth-order valence-corrected chi connectivity index (χ4v) is 2.01. The zero-order chi connectivity index (χ0) is 15.2. The molecular formula is C16H16FNO3. The molecule has 0 aliphatic carbocycles. The van der Waals surface area contributed by atoms with Gasteiger partial charge in [0.25, 0.3) is 0 Å². The number of rotatable bonds is 6. The van der Waals surface area contributed by atoms with Gasteiger partial charge < -0.3 is 15.2 Å². The number of para-hydroxylation sites is 1. The molecule has 2 N–H and O–H groups in total. The Morgan fingerprint density at radius 3 is 2.57 bits per heavy atom. The molecular weight excluding hydrogens is 273 g/mol. The van der Waals surface area contributed by atoms with Crippen LogP contribution in [0.25, 0.3) is 0 Å². The maximum Gasteiger partial charge on any atom is 0.337 e. The van der Waals surface area contributed by atoms with Crippen LogP contribution in [-0.2, 0) is 6.42 Å². The summed E-state index contributed by atoms with van der Waals surface area (Å²) in [6.07, 6.45) is 0.650. The number of halogens is 1. The van der Waals surface area contributed by atoms with Crippen LogP contribution in [-0.4, -0.2) is 24.7 Å². The summed E-state index contributed by atoms with van der Waals surface area (Å²) >= 11 is 0. The number of hydrogen-bond donors (Lipinski definition) is 2. The number of benzene rings is 2. The van der Waals surface area contributed by atoms with Gasteiger partial charge in [0.15, 0.2) is 0 Å². The monoisotopic (exact) mass is 289 g/mol. The van der Waals surface area contributed by atoms with E-state index in [0.29, 0.717) is 13.0 Å². The molecule has 0 saturated heterocycles. The molecule has 0 atom stereocenters. The lowest BCUT2D eigenvalue weighted by Crippen LogP contribution is -2.11. The van der Waals surface area contributed by atoms with Crippen LogP contribution in [0.15, 0.2) is 42.5 Å². The van der Waals surface area contributed by atoms with Crippen LogP contribution >= 0.6 is 0 Å². The predicted molar refractivity (Wildman–Crippen MR) is 78.5 cm³/mol. The summed E-state index contributed by atoms with van der Waals surface area (Å²) in [6.45, 7) is 0.438. The van der Waals surface area contributed by atoms with Crippen LogP contribution in [0.4, 0.5) is 10.1 Å². The van der Waals surface area contributed by atoms with Crippen LogP contribution in [0.1, 0.15) is 15.9 Å². The number of aromatic carboxylic acids is 1. The molecule has 0 unspecified atom stereocenters. The maximum atomic E-state index is 13.7. The van der Waals surface area contributed by atoms with Crippen molar-refractivity contribution >= 4 is 11.7 Å². The number of carboxylic acids is 1. The standard InChI is InChI=1S/C16H16FNO3/c1-21-12-7-5-11(6-8-12)9-10-18-15-13(16(19)20)3-2-4-14(15)17/h2-8,18H,9-10H2,1H3,(H,19,20). The highest BCUT2D eigenvalue weighted by Gasteiger charge is 2.13. The van der Waals surface area contributed by atoms with Crippen molar-refractivity contribution in [3.63, 3.8) is 0 Å². The molecule has 110 valence electrons. The quantitative estimate of drug-likeness (QED) is 0.857. The van der Waals surface area contributed by atoms with Crippen LogP contribution in [0.3, 0.4) is 0 Å². The van der Waals surface area contributed by atoms with Gasteiger partial charge in [-0.3, -0.25) is 0 Å². The van der Waals surface area contributed by atoms with Crippen molar-refractivity contribution < 1.29 is 19.0 Å². The summed E-state index contributed by atoms with van der Waals surface area (Å²) in [7, 11) is 1.60. The molecule has 2 aromatic carbocycles. The number of nitrogens with one attached hydrogen (secondary N) is 1. The van der Waals surface area contributed by atoms with Crippen molar-refractivity contribution in [1.29, 1.82) is 0 Å². The van der Waals surface area contributed by atoms with E-state index in [-0.39, 0.29) is 11.3 Å². The zero-order valence-electron chi connectivity index (χ0n) is 11.6. The van der Waals surface area contributed by atoms with Gasteiger partial charge in [-0.2, -0.15) is 0 Å². The fourth-order valence-electron chi connectivity index (χ4n) is 2.01. The molecule has 0 aliphatic heterocycles. The maximum absolute atomic E-state index is 13.7. The first kappa shape index (κ1) is 14.8. The van der Waals surface area contributed by atoms with Gasteiger partial charge in [0, 0.05) is 6.54 Å². The number of ether oxygens (including phenoxy) is 1. The minimum atomic E-state index is -1.15. The summed E-state index contributed by atoms with van der Waals surface area (Å²) < 4.78 is 18.8. The van der Waals surface area contributed by atoms with Crippen LogP contribution in [0.2, 0.25) is 0 Å². The molecule has 0 radical (unpaired) electrons. The van der Waals surface area contributed by atoms with Crippen molar-refractivity contribution in [2.75, 3.05) is 19.0 Å². The van der Waals surface area contributed by atoms with E-state index in [1.807, 2.05) is 24.3 Å². The van der Waals surface area contributed by atoms with Crippen molar-refractivity contribution in [1.82, 2.24) is 0 Å². The minimum absolute atomic E-state index is 0.0264. The van der Waals surface area contributed by atoms with Gasteiger partial charge >= 0.3 is 5.97 Å². The Hall–Kier alpha value is -2.56. The highest BCUT2D eigenvalue weighted by atomic mass is 19.1. The number of carboxylic acid groups (broad SMARTS) is 1. The first-order valence-electron chi connectivity index (χ1n) is 6.50. The van der Waals surface area contributed by atoms with Gasteiger partial charge in [0.1, 0.15) is 11.6 Å². The molecule has 0 bridgehead atoms. The second-order valence-electron chi connectivity index (χ2n) is 4.49. The molecule has 21 heavy (non-hydrogen) atoms. The molecule has 2 aromatic rings. The lowest BCUT2D eigenvalue weighted by Gasteiger charge is -2.10. The summed E-state index contributed by atoms with van der Waals surface area (Å²) in [5.41, 5.74) is 1.01. The molecule has 0 amide bonds. The first-order valence-corrected chi connectivity index (χ1v) is 6.50. The SMILES string of the molecule is COc1ccc(CCNc2c(F)cccc2C(=O)O)cc1. The highest BCUT2D eigenvalue weighted by Crippen LogP contribution is 2.20. The normalized spacial score (nSPS) is 10.2. The molecule has 4 nitrogen and oxygen atoms in total. The largest absolute Gasteiger partial charge is 0.497 e. The van der Waals surface area contributed by atoms with Crippen LogP contribution in [0, 0.1) is 5.82 Å². The summed E-state index contributed by atoms with van der Waals surface area (Å²) in [5, 5.41) is 11.9. The Morgan fingerprint density at radius 2 is 1.95 bits per heavy atom. The molecule has 2 rings (SSSR count). The Morgan fingerprint density at radius 1 is 1.24 bits per heavy atom. The number of hydrogen-bond acceptors (Lipinski definition) is 3. The first-order chi connectivity index (χ1) is 10.1. The average molecular weight is 289 g/mol. The number of anilines is 1. The Labute approximate surface area is 122 Å². The fraction of sp³-hybridized carbons (Fsp3) is 0.188. The summed E-state index contributed by atoms with van der Waals surface area (Å²) in [6, 6.07) is 11.5. The van der Waals surface area contributed by atoms with E-state index < -0.39 is 11.8 Å². The Balaban J connectivity index is 2.01. The molecule has 0 aromatic heterocycles. The van der Waals surface area contributed by atoms with Gasteiger partial charge in [0.05, 0.1) is 18.4 Å². The van der Waals surface area contributed by atoms with Crippen molar-refractivity contribution in [3.8, 4) is 5.75 Å². The third-order valence-corrected chi connectivity index (χ3v) is 3.12. The van der Waals surface area contributed by atoms with Crippen molar-refractivity contribution in [2.24, 2.45) is 0 Å². The van der Waals surface area contributed by atoms with E-state index in [2.05, 4.69) is 5.32 Å². The molecule has 0 spiro atoms. The molecule has 0 aliphatic rings. The second kappa shape index (κ2) is 6.74. The Bertz CT molecular complexity index is 626. The van der Waals surface area contributed by atoms with Crippen molar-refractivity contribution in [2.45, 2.75) is 6.42 Å².